The highest BCUT2D eigenvalue weighted by Gasteiger charge is 2.55. The lowest BCUT2D eigenvalue weighted by molar-refractivity contribution is -0.146. The molecule has 1 atom stereocenters. The maximum absolute atomic E-state index is 13.2. The summed E-state index contributed by atoms with van der Waals surface area (Å²) < 4.78 is 7.23. The van der Waals surface area contributed by atoms with Crippen LogP contribution in [0.2, 0.25) is 0 Å². The molecule has 1 spiro atoms. The van der Waals surface area contributed by atoms with E-state index >= 15 is 0 Å². The van der Waals surface area contributed by atoms with Gasteiger partial charge in [0.25, 0.3) is 5.91 Å². The van der Waals surface area contributed by atoms with E-state index in [4.69, 9.17) is 4.74 Å². The number of ether oxygens (including phenoxy) is 1. The zero-order valence-electron chi connectivity index (χ0n) is 19.5. The Morgan fingerprint density at radius 3 is 2.71 bits per heavy atom. The minimum atomic E-state index is -1.14. The average molecular weight is 492 g/mol. The molecule has 3 heterocycles. The Morgan fingerprint density at radius 2 is 1.94 bits per heavy atom. The van der Waals surface area contributed by atoms with Gasteiger partial charge in [-0.3, -0.25) is 19.3 Å². The van der Waals surface area contributed by atoms with Crippen molar-refractivity contribution < 1.29 is 23.9 Å². The van der Waals surface area contributed by atoms with Gasteiger partial charge >= 0.3 is 12.0 Å². The number of esters is 1. The fourth-order valence-electron chi connectivity index (χ4n) is 5.02. The van der Waals surface area contributed by atoms with Crippen LogP contribution in [0.3, 0.4) is 0 Å². The van der Waals surface area contributed by atoms with Crippen LogP contribution in [-0.4, -0.2) is 46.3 Å². The number of imide groups is 1. The highest BCUT2D eigenvalue weighted by atomic mass is 32.1. The lowest BCUT2D eigenvalue weighted by atomic mass is 9.92. The number of urea groups is 1. The van der Waals surface area contributed by atoms with Crippen LogP contribution in [0.25, 0.3) is 0 Å². The highest BCUT2D eigenvalue weighted by molar-refractivity contribution is 7.09. The number of thiophene rings is 1. The molecule has 0 saturated carbocycles. The van der Waals surface area contributed by atoms with Crippen LogP contribution in [0.4, 0.5) is 4.79 Å². The first kappa shape index (κ1) is 23.0. The first-order valence-electron chi connectivity index (χ1n) is 11.4. The molecule has 1 aromatic carbocycles. The third-order valence-corrected chi connectivity index (χ3v) is 7.70. The molecule has 1 aliphatic heterocycles. The number of fused-ring (bicyclic) bond motifs is 2. The Kier molecular flexibility index (Phi) is 5.80. The molecule has 1 N–H and O–H groups in total. The first-order valence-corrected chi connectivity index (χ1v) is 12.3. The van der Waals surface area contributed by atoms with Crippen LogP contribution < -0.4 is 5.32 Å². The van der Waals surface area contributed by atoms with E-state index in [0.717, 1.165) is 27.4 Å². The number of nitrogens with one attached hydrogen (secondary N) is 1. The minimum absolute atomic E-state index is 0.331. The zero-order chi connectivity index (χ0) is 24.7. The Hall–Kier alpha value is -3.72. The third kappa shape index (κ3) is 3.95. The topological polar surface area (TPSA) is 97.7 Å². The molecule has 3 aromatic rings. The Balaban J connectivity index is 1.22. The van der Waals surface area contributed by atoms with Crippen LogP contribution in [0.1, 0.15) is 44.2 Å². The number of rotatable bonds is 7. The standard InChI is InChI=1S/C26H25N3O5S/c1-16-12-20(17(2)28(16)13-19-7-5-11-35-19)22(30)15-34-23(31)14-29-24(32)26(27-25(29)33)10-9-18-6-3-4-8-21(18)26/h3-8,11-12H,9-10,13-15H2,1-2H3,(H,27,33)/t26-/m0/s1. The number of ketones is 1. The van der Waals surface area contributed by atoms with E-state index in [2.05, 4.69) is 5.32 Å². The van der Waals surface area contributed by atoms with Gasteiger partial charge in [-0.2, -0.15) is 0 Å². The molecule has 0 unspecified atom stereocenters. The van der Waals surface area contributed by atoms with Crippen molar-refractivity contribution >= 4 is 35.0 Å². The Labute approximate surface area is 206 Å². The van der Waals surface area contributed by atoms with E-state index in [9.17, 15) is 19.2 Å². The maximum Gasteiger partial charge on any atom is 0.326 e. The van der Waals surface area contributed by atoms with Gasteiger partial charge in [0.1, 0.15) is 12.1 Å². The van der Waals surface area contributed by atoms with Crippen LogP contribution in [-0.2, 0) is 32.8 Å². The first-order chi connectivity index (χ1) is 16.8. The second kappa shape index (κ2) is 8.81. The number of hydrogen-bond acceptors (Lipinski definition) is 6. The molecule has 1 saturated heterocycles. The molecular formula is C26H25N3O5S. The van der Waals surface area contributed by atoms with E-state index in [-0.39, 0.29) is 5.78 Å². The lowest BCUT2D eigenvalue weighted by Gasteiger charge is -2.22. The average Bonchev–Trinajstić information content (AvgIpc) is 3.60. The summed E-state index contributed by atoms with van der Waals surface area (Å²) in [5, 5.41) is 4.78. The van der Waals surface area contributed by atoms with Crippen molar-refractivity contribution in [2.24, 2.45) is 0 Å². The fraction of sp³-hybridized carbons (Fsp3) is 0.308. The summed E-state index contributed by atoms with van der Waals surface area (Å²) in [6, 6.07) is 12.7. The molecular weight excluding hydrogens is 466 g/mol. The summed E-state index contributed by atoms with van der Waals surface area (Å²) >= 11 is 1.65. The largest absolute Gasteiger partial charge is 0.456 e. The number of nitrogens with zero attached hydrogens (tertiary/aromatic N) is 2. The van der Waals surface area contributed by atoms with Gasteiger partial charge in [-0.1, -0.05) is 30.3 Å². The van der Waals surface area contributed by atoms with Crippen LogP contribution in [0.15, 0.2) is 47.8 Å². The number of Topliss-reactive ketones (excluding diaryl/α,β-unsaturated/α-hetero) is 1. The van der Waals surface area contributed by atoms with Gasteiger partial charge in [0, 0.05) is 21.8 Å². The van der Waals surface area contributed by atoms with Crippen molar-refractivity contribution in [3.8, 4) is 0 Å². The molecule has 0 radical (unpaired) electrons. The molecule has 3 amide bonds. The summed E-state index contributed by atoms with van der Waals surface area (Å²) in [5.41, 5.74) is 2.86. The molecule has 1 aliphatic carbocycles. The Morgan fingerprint density at radius 1 is 1.14 bits per heavy atom. The zero-order valence-corrected chi connectivity index (χ0v) is 20.3. The highest BCUT2D eigenvalue weighted by Crippen LogP contribution is 2.41. The summed E-state index contributed by atoms with van der Waals surface area (Å²) in [5.74, 6) is -1.60. The van der Waals surface area contributed by atoms with Gasteiger partial charge in [-0.15, -0.1) is 11.3 Å². The van der Waals surface area contributed by atoms with Gasteiger partial charge in [-0.25, -0.2) is 4.79 Å². The van der Waals surface area contributed by atoms with Gasteiger partial charge in [0.05, 0.1) is 6.54 Å². The molecule has 1 fully saturated rings. The quantitative estimate of drug-likeness (QED) is 0.311. The molecule has 8 nitrogen and oxygen atoms in total. The summed E-state index contributed by atoms with van der Waals surface area (Å²) in [4.78, 5) is 53.1. The number of amides is 3. The number of aryl methyl sites for hydroxylation is 2. The Bertz CT molecular complexity index is 1340. The van der Waals surface area contributed by atoms with E-state index < -0.39 is 36.6 Å². The maximum atomic E-state index is 13.2. The predicted octanol–water partition coefficient (Wildman–Crippen LogP) is 3.33. The van der Waals surface area contributed by atoms with Crippen molar-refractivity contribution in [1.29, 1.82) is 0 Å². The van der Waals surface area contributed by atoms with Gasteiger partial charge in [0.15, 0.2) is 6.61 Å². The van der Waals surface area contributed by atoms with E-state index in [1.165, 1.54) is 4.88 Å². The van der Waals surface area contributed by atoms with Crippen molar-refractivity contribution in [2.45, 2.75) is 38.8 Å². The minimum Gasteiger partial charge on any atom is -0.456 e. The van der Waals surface area contributed by atoms with Crippen molar-refractivity contribution in [3.05, 3.63) is 80.8 Å². The normalized spacial score (nSPS) is 18.7. The van der Waals surface area contributed by atoms with Crippen molar-refractivity contribution in [2.75, 3.05) is 13.2 Å². The van der Waals surface area contributed by atoms with Gasteiger partial charge in [0.2, 0.25) is 5.78 Å². The molecule has 5 rings (SSSR count). The molecule has 9 heteroatoms. The van der Waals surface area contributed by atoms with Crippen molar-refractivity contribution in [3.63, 3.8) is 0 Å². The van der Waals surface area contributed by atoms with Crippen LogP contribution >= 0.6 is 11.3 Å². The number of carbonyl (C=O) groups excluding carboxylic acids is 4. The summed E-state index contributed by atoms with van der Waals surface area (Å²) in [6.07, 6.45) is 1.11. The lowest BCUT2D eigenvalue weighted by Crippen LogP contribution is -2.42. The van der Waals surface area contributed by atoms with E-state index in [1.807, 2.05) is 60.2 Å². The predicted molar refractivity (Wildman–Crippen MR) is 129 cm³/mol. The molecule has 0 bridgehead atoms. The molecule has 2 aromatic heterocycles. The number of aromatic nitrogens is 1. The molecule has 180 valence electrons. The number of hydrogen-bond donors (Lipinski definition) is 1. The number of carbonyl (C=O) groups is 4. The SMILES string of the molecule is Cc1cc(C(=O)COC(=O)CN2C(=O)N[C@]3(CCc4ccccc43)C2=O)c(C)n1Cc1cccs1. The second-order valence-corrected chi connectivity index (χ2v) is 9.95. The molecule has 35 heavy (non-hydrogen) atoms. The van der Waals surface area contributed by atoms with Crippen LogP contribution in [0, 0.1) is 13.8 Å². The third-order valence-electron chi connectivity index (χ3n) is 6.84. The summed E-state index contributed by atoms with van der Waals surface area (Å²) in [6.45, 7) is 3.46. The number of benzene rings is 1. The smallest absolute Gasteiger partial charge is 0.326 e. The van der Waals surface area contributed by atoms with Gasteiger partial charge < -0.3 is 14.6 Å². The van der Waals surface area contributed by atoms with Gasteiger partial charge in [-0.05, 0) is 55.3 Å². The van der Waals surface area contributed by atoms with Crippen molar-refractivity contribution in [1.82, 2.24) is 14.8 Å². The molecule has 2 aliphatic rings. The van der Waals surface area contributed by atoms with E-state index in [0.29, 0.717) is 24.9 Å². The van der Waals surface area contributed by atoms with Crippen LogP contribution in [0.5, 0.6) is 0 Å². The fourth-order valence-corrected chi connectivity index (χ4v) is 5.71. The summed E-state index contributed by atoms with van der Waals surface area (Å²) in [7, 11) is 0. The monoisotopic (exact) mass is 491 g/mol. The van der Waals surface area contributed by atoms with E-state index in [1.54, 1.807) is 17.4 Å². The second-order valence-electron chi connectivity index (χ2n) is 8.92.